The molecule has 0 radical (unpaired) electrons. The number of benzene rings is 1. The summed E-state index contributed by atoms with van der Waals surface area (Å²) in [7, 11) is 1.72. The molecule has 206 valence electrons. The van der Waals surface area contributed by atoms with E-state index in [0.717, 1.165) is 28.2 Å². The molecule has 0 saturated carbocycles. The SMILES string of the molecule is Cc1c(CCOc2cc(Cl)ccc2-c2ccc3ncc(CCNC(=O)OC(C)(C)C)n3c2)c(C(=O)O)nn1C. The summed E-state index contributed by atoms with van der Waals surface area (Å²) in [6, 6.07) is 9.29. The fourth-order valence-electron chi connectivity index (χ4n) is 4.22. The van der Waals surface area contributed by atoms with E-state index in [2.05, 4.69) is 15.4 Å². The summed E-state index contributed by atoms with van der Waals surface area (Å²) in [5.74, 6) is -0.489. The van der Waals surface area contributed by atoms with Crippen molar-refractivity contribution in [1.82, 2.24) is 24.5 Å². The van der Waals surface area contributed by atoms with Crippen molar-refractivity contribution in [2.24, 2.45) is 7.05 Å². The van der Waals surface area contributed by atoms with Crippen LogP contribution in [0.3, 0.4) is 0 Å². The largest absolute Gasteiger partial charge is 0.493 e. The summed E-state index contributed by atoms with van der Waals surface area (Å²) in [5, 5.41) is 16.9. The Bertz CT molecular complexity index is 1520. The maximum absolute atomic E-state index is 12.0. The van der Waals surface area contributed by atoms with E-state index in [1.807, 2.05) is 56.5 Å². The molecule has 1 amide bonds. The number of carboxylic acids is 1. The van der Waals surface area contributed by atoms with Crippen LogP contribution in [-0.4, -0.2) is 55.1 Å². The second-order valence-corrected chi connectivity index (χ2v) is 10.6. The van der Waals surface area contributed by atoms with Crippen LogP contribution in [-0.2, 0) is 24.6 Å². The first-order chi connectivity index (χ1) is 18.4. The Morgan fingerprint density at radius 3 is 2.64 bits per heavy atom. The summed E-state index contributed by atoms with van der Waals surface area (Å²) >= 11 is 6.29. The molecule has 4 aromatic rings. The van der Waals surface area contributed by atoms with Gasteiger partial charge in [0.05, 0.1) is 6.61 Å². The second kappa shape index (κ2) is 11.4. The van der Waals surface area contributed by atoms with Gasteiger partial charge in [-0.05, 0) is 58.0 Å². The molecule has 0 fully saturated rings. The zero-order chi connectivity index (χ0) is 28.3. The molecule has 3 heterocycles. The van der Waals surface area contributed by atoms with Gasteiger partial charge in [-0.3, -0.25) is 4.68 Å². The summed E-state index contributed by atoms with van der Waals surface area (Å²) in [6.07, 6.45) is 4.23. The smallest absolute Gasteiger partial charge is 0.407 e. The summed E-state index contributed by atoms with van der Waals surface area (Å²) in [4.78, 5) is 28.1. The zero-order valence-corrected chi connectivity index (χ0v) is 23.4. The van der Waals surface area contributed by atoms with Crippen LogP contribution in [0, 0.1) is 6.92 Å². The third-order valence-corrected chi connectivity index (χ3v) is 6.39. The minimum Gasteiger partial charge on any atom is -0.493 e. The van der Waals surface area contributed by atoms with Gasteiger partial charge in [0.2, 0.25) is 0 Å². The average molecular weight is 554 g/mol. The van der Waals surface area contributed by atoms with Crippen molar-refractivity contribution < 1.29 is 24.2 Å². The van der Waals surface area contributed by atoms with E-state index in [1.165, 1.54) is 0 Å². The average Bonchev–Trinajstić information content (AvgIpc) is 3.38. The number of ether oxygens (including phenoxy) is 2. The normalized spacial score (nSPS) is 11.5. The number of amides is 1. The van der Waals surface area contributed by atoms with Crippen LogP contribution in [0.2, 0.25) is 5.02 Å². The third kappa shape index (κ3) is 6.69. The lowest BCUT2D eigenvalue weighted by Gasteiger charge is -2.19. The van der Waals surface area contributed by atoms with Crippen molar-refractivity contribution in [3.63, 3.8) is 0 Å². The Morgan fingerprint density at radius 1 is 1.15 bits per heavy atom. The Morgan fingerprint density at radius 2 is 1.92 bits per heavy atom. The maximum Gasteiger partial charge on any atom is 0.407 e. The molecule has 1 aromatic carbocycles. The number of aromatic carboxylic acids is 1. The van der Waals surface area contributed by atoms with Crippen LogP contribution in [0.1, 0.15) is 48.2 Å². The topological polar surface area (TPSA) is 120 Å². The fraction of sp³-hybridized carbons (Fsp3) is 0.357. The summed E-state index contributed by atoms with van der Waals surface area (Å²) in [5.41, 5.74) is 4.30. The zero-order valence-electron chi connectivity index (χ0n) is 22.6. The number of imidazole rings is 1. The molecule has 11 heteroatoms. The highest BCUT2D eigenvalue weighted by Crippen LogP contribution is 2.33. The van der Waals surface area contributed by atoms with Crippen molar-refractivity contribution >= 4 is 29.3 Å². The number of pyridine rings is 1. The van der Waals surface area contributed by atoms with E-state index >= 15 is 0 Å². The molecule has 39 heavy (non-hydrogen) atoms. The monoisotopic (exact) mass is 553 g/mol. The highest BCUT2D eigenvalue weighted by Gasteiger charge is 2.19. The quantitative estimate of drug-likeness (QED) is 0.296. The maximum atomic E-state index is 12.0. The molecule has 0 aliphatic carbocycles. The number of fused-ring (bicyclic) bond motifs is 1. The molecular formula is C28H32ClN5O5. The van der Waals surface area contributed by atoms with Crippen LogP contribution in [0.4, 0.5) is 4.79 Å². The van der Waals surface area contributed by atoms with Gasteiger partial charge in [-0.1, -0.05) is 11.6 Å². The number of carbonyl (C=O) groups is 2. The van der Waals surface area contributed by atoms with Crippen LogP contribution in [0.25, 0.3) is 16.8 Å². The van der Waals surface area contributed by atoms with Crippen LogP contribution in [0.5, 0.6) is 5.75 Å². The number of carbonyl (C=O) groups excluding carboxylic acids is 1. The van der Waals surface area contributed by atoms with Gasteiger partial charge in [-0.15, -0.1) is 0 Å². The van der Waals surface area contributed by atoms with Gasteiger partial charge in [-0.2, -0.15) is 5.10 Å². The lowest BCUT2D eigenvalue weighted by Crippen LogP contribution is -2.33. The van der Waals surface area contributed by atoms with E-state index < -0.39 is 17.7 Å². The summed E-state index contributed by atoms with van der Waals surface area (Å²) < 4.78 is 15.0. The van der Waals surface area contributed by atoms with E-state index in [4.69, 9.17) is 21.1 Å². The minimum atomic E-state index is -1.07. The third-order valence-electron chi connectivity index (χ3n) is 6.16. The van der Waals surface area contributed by atoms with Crippen molar-refractivity contribution in [2.45, 2.75) is 46.1 Å². The Hall–Kier alpha value is -4.05. The predicted octanol–water partition coefficient (Wildman–Crippen LogP) is 5.08. The number of aryl methyl sites for hydroxylation is 1. The number of halogens is 1. The van der Waals surface area contributed by atoms with Gasteiger partial charge < -0.3 is 24.3 Å². The van der Waals surface area contributed by atoms with Crippen LogP contribution < -0.4 is 10.1 Å². The first-order valence-corrected chi connectivity index (χ1v) is 12.9. The lowest BCUT2D eigenvalue weighted by molar-refractivity contribution is 0.0527. The van der Waals surface area contributed by atoms with Crippen LogP contribution in [0.15, 0.2) is 42.7 Å². The molecule has 0 bridgehead atoms. The van der Waals surface area contributed by atoms with E-state index in [9.17, 15) is 14.7 Å². The highest BCUT2D eigenvalue weighted by atomic mass is 35.5. The molecule has 0 aliphatic rings. The van der Waals surface area contributed by atoms with Gasteiger partial charge in [0.15, 0.2) is 5.69 Å². The first-order valence-electron chi connectivity index (χ1n) is 12.5. The van der Waals surface area contributed by atoms with Crippen molar-refractivity contribution in [3.8, 4) is 16.9 Å². The van der Waals surface area contributed by atoms with Crippen molar-refractivity contribution in [1.29, 1.82) is 0 Å². The van der Waals surface area contributed by atoms with Gasteiger partial charge in [-0.25, -0.2) is 14.6 Å². The number of hydrogen-bond donors (Lipinski definition) is 2. The lowest BCUT2D eigenvalue weighted by atomic mass is 10.1. The first kappa shape index (κ1) is 28.0. The molecule has 0 saturated heterocycles. The Labute approximate surface area is 231 Å². The number of carboxylic acid groups (broad SMARTS) is 1. The molecule has 10 nitrogen and oxygen atoms in total. The van der Waals surface area contributed by atoms with Gasteiger partial charge in [0, 0.05) is 71.9 Å². The summed E-state index contributed by atoms with van der Waals surface area (Å²) in [6.45, 7) is 7.94. The van der Waals surface area contributed by atoms with E-state index in [1.54, 1.807) is 30.1 Å². The molecule has 0 atom stereocenters. The number of alkyl carbamates (subject to hydrolysis) is 1. The molecule has 0 spiro atoms. The standard InChI is InChI=1S/C28H32ClN5O5/c1-17-21(25(26(35)36)32-33(17)5)11-13-38-23-14-19(29)7-8-22(23)18-6-9-24-31-15-20(34(24)16-18)10-12-30-27(37)39-28(2,3)4/h6-9,14-16H,10-13H2,1-5H3,(H,30,37)(H,35,36). The number of rotatable bonds is 9. The highest BCUT2D eigenvalue weighted by molar-refractivity contribution is 6.30. The Kier molecular flexibility index (Phi) is 8.15. The number of aromatic nitrogens is 4. The van der Waals surface area contributed by atoms with Gasteiger partial charge in [0.25, 0.3) is 0 Å². The molecule has 0 aliphatic heterocycles. The fourth-order valence-corrected chi connectivity index (χ4v) is 4.38. The van der Waals surface area contributed by atoms with E-state index in [0.29, 0.717) is 35.7 Å². The van der Waals surface area contributed by atoms with Crippen molar-refractivity contribution in [3.05, 3.63) is 70.4 Å². The van der Waals surface area contributed by atoms with E-state index in [-0.39, 0.29) is 12.3 Å². The molecule has 3 aromatic heterocycles. The second-order valence-electron chi connectivity index (χ2n) is 10.2. The number of hydrogen-bond acceptors (Lipinski definition) is 6. The van der Waals surface area contributed by atoms with Gasteiger partial charge in [0.1, 0.15) is 17.0 Å². The van der Waals surface area contributed by atoms with Gasteiger partial charge >= 0.3 is 12.1 Å². The predicted molar refractivity (Wildman–Crippen MR) is 148 cm³/mol. The minimum absolute atomic E-state index is 0.0316. The molecule has 2 N–H and O–H groups in total. The molecule has 4 rings (SSSR count). The molecular weight excluding hydrogens is 522 g/mol. The molecule has 0 unspecified atom stereocenters. The Balaban J connectivity index is 1.52. The number of nitrogens with one attached hydrogen (secondary N) is 1. The number of nitrogens with zero attached hydrogens (tertiary/aromatic N) is 4. The van der Waals surface area contributed by atoms with Crippen LogP contribution >= 0.6 is 11.6 Å². The van der Waals surface area contributed by atoms with Crippen molar-refractivity contribution in [2.75, 3.05) is 13.2 Å².